The molecule has 0 aliphatic heterocycles. The number of hydrogen-bond acceptors (Lipinski definition) is 3. The minimum Gasteiger partial charge on any atom is -0.497 e. The molecule has 0 saturated heterocycles. The summed E-state index contributed by atoms with van der Waals surface area (Å²) in [6.07, 6.45) is 0.166. The summed E-state index contributed by atoms with van der Waals surface area (Å²) in [7, 11) is 1.63. The number of methoxy groups -OCH3 is 1. The van der Waals surface area contributed by atoms with E-state index in [2.05, 4.69) is 10.1 Å². The molecule has 0 aromatic heterocycles. The fourth-order valence-corrected chi connectivity index (χ4v) is 2.75. The van der Waals surface area contributed by atoms with Crippen molar-refractivity contribution in [3.63, 3.8) is 0 Å². The van der Waals surface area contributed by atoms with E-state index >= 15 is 0 Å². The number of carbonyl (C=O) groups excluding carboxylic acids is 1. The van der Waals surface area contributed by atoms with Crippen molar-refractivity contribution in [2.75, 3.05) is 7.11 Å². The molecule has 3 rings (SSSR count). The normalized spacial score (nSPS) is 10.8. The zero-order valence-corrected chi connectivity index (χ0v) is 14.7. The smallest absolute Gasteiger partial charge is 0.387 e. The first kappa shape index (κ1) is 18.6. The van der Waals surface area contributed by atoms with Crippen molar-refractivity contribution in [2.45, 2.75) is 19.6 Å². The second-order valence-corrected chi connectivity index (χ2v) is 6.02. The summed E-state index contributed by atoms with van der Waals surface area (Å²) >= 11 is 0. The molecule has 27 heavy (non-hydrogen) atoms. The maximum absolute atomic E-state index is 12.1. The van der Waals surface area contributed by atoms with Crippen LogP contribution in [0.15, 0.2) is 60.7 Å². The van der Waals surface area contributed by atoms with Gasteiger partial charge in [-0.25, -0.2) is 0 Å². The summed E-state index contributed by atoms with van der Waals surface area (Å²) in [6, 6.07) is 17.8. The van der Waals surface area contributed by atoms with Gasteiger partial charge < -0.3 is 14.8 Å². The number of hydrogen-bond donors (Lipinski definition) is 1. The van der Waals surface area contributed by atoms with Crippen LogP contribution >= 0.6 is 0 Å². The van der Waals surface area contributed by atoms with E-state index in [-0.39, 0.29) is 18.1 Å². The number of alkyl halides is 2. The summed E-state index contributed by atoms with van der Waals surface area (Å²) in [6.45, 7) is -2.45. The van der Waals surface area contributed by atoms with Gasteiger partial charge in [-0.3, -0.25) is 4.79 Å². The van der Waals surface area contributed by atoms with Gasteiger partial charge in [-0.2, -0.15) is 8.78 Å². The lowest BCUT2D eigenvalue weighted by Crippen LogP contribution is -2.24. The number of amides is 1. The molecule has 1 amide bonds. The first-order valence-corrected chi connectivity index (χ1v) is 8.40. The van der Waals surface area contributed by atoms with E-state index < -0.39 is 6.61 Å². The molecule has 0 aliphatic rings. The molecule has 3 aromatic rings. The third kappa shape index (κ3) is 5.17. The number of ether oxygens (including phenoxy) is 2. The molecule has 1 N–H and O–H groups in total. The van der Waals surface area contributed by atoms with Crippen molar-refractivity contribution in [3.8, 4) is 11.5 Å². The van der Waals surface area contributed by atoms with E-state index in [1.165, 1.54) is 12.1 Å². The Morgan fingerprint density at radius 2 is 1.56 bits per heavy atom. The molecular weight excluding hydrogens is 352 g/mol. The Balaban J connectivity index is 1.56. The van der Waals surface area contributed by atoms with Crippen molar-refractivity contribution in [2.24, 2.45) is 0 Å². The van der Waals surface area contributed by atoms with Crippen molar-refractivity contribution in [3.05, 3.63) is 71.8 Å². The Labute approximate surface area is 155 Å². The standard InChI is InChI=1S/C21H19F2NO3/c1-26-19-9-6-16-10-15(2-5-17(16)12-19)13-24-20(25)11-14-3-7-18(8-4-14)27-21(22)23/h2-10,12,21H,11,13H2,1H3,(H,24,25). The van der Waals surface area contributed by atoms with Crippen LogP contribution in [0.25, 0.3) is 10.8 Å². The monoisotopic (exact) mass is 371 g/mol. The molecule has 140 valence electrons. The molecule has 0 fully saturated rings. The third-order valence-electron chi connectivity index (χ3n) is 4.11. The van der Waals surface area contributed by atoms with Crippen molar-refractivity contribution in [1.29, 1.82) is 0 Å². The topological polar surface area (TPSA) is 47.6 Å². The zero-order valence-electron chi connectivity index (χ0n) is 14.7. The molecule has 0 radical (unpaired) electrons. The minimum absolute atomic E-state index is 0.0713. The fraction of sp³-hybridized carbons (Fsp3) is 0.190. The van der Waals surface area contributed by atoms with E-state index in [0.717, 1.165) is 27.6 Å². The second-order valence-electron chi connectivity index (χ2n) is 6.02. The molecule has 0 unspecified atom stereocenters. The van der Waals surface area contributed by atoms with Gasteiger partial charge in [-0.15, -0.1) is 0 Å². The van der Waals surface area contributed by atoms with Crippen LogP contribution in [0.1, 0.15) is 11.1 Å². The summed E-state index contributed by atoms with van der Waals surface area (Å²) in [5.74, 6) is 0.725. The molecule has 0 aliphatic carbocycles. The van der Waals surface area contributed by atoms with Gasteiger partial charge in [0.25, 0.3) is 0 Å². The van der Waals surface area contributed by atoms with Gasteiger partial charge in [-0.1, -0.05) is 30.3 Å². The highest BCUT2D eigenvalue weighted by Crippen LogP contribution is 2.22. The molecule has 0 saturated carbocycles. The number of fused-ring (bicyclic) bond motifs is 1. The van der Waals surface area contributed by atoms with Gasteiger partial charge in [-0.05, 0) is 52.2 Å². The van der Waals surface area contributed by atoms with Crippen LogP contribution in [-0.4, -0.2) is 19.6 Å². The molecule has 0 spiro atoms. The second kappa shape index (κ2) is 8.49. The summed E-state index contributed by atoms with van der Waals surface area (Å²) in [5, 5.41) is 5.00. The van der Waals surface area contributed by atoms with Crippen LogP contribution in [0, 0.1) is 0 Å². The number of halogens is 2. The van der Waals surface area contributed by atoms with Crippen LogP contribution in [-0.2, 0) is 17.8 Å². The molecular formula is C21H19F2NO3. The van der Waals surface area contributed by atoms with Gasteiger partial charge in [0.15, 0.2) is 0 Å². The van der Waals surface area contributed by atoms with Crippen LogP contribution in [0.5, 0.6) is 11.5 Å². The van der Waals surface area contributed by atoms with Gasteiger partial charge in [0, 0.05) is 6.54 Å². The number of benzene rings is 3. The zero-order chi connectivity index (χ0) is 19.2. The Morgan fingerprint density at radius 3 is 2.26 bits per heavy atom. The predicted molar refractivity (Wildman–Crippen MR) is 99.1 cm³/mol. The van der Waals surface area contributed by atoms with Gasteiger partial charge >= 0.3 is 6.61 Å². The highest BCUT2D eigenvalue weighted by Gasteiger charge is 2.07. The van der Waals surface area contributed by atoms with E-state index in [1.807, 2.05) is 36.4 Å². The average molecular weight is 371 g/mol. The Kier molecular flexibility index (Phi) is 5.86. The summed E-state index contributed by atoms with van der Waals surface area (Å²) in [4.78, 5) is 12.1. The van der Waals surface area contributed by atoms with E-state index in [1.54, 1.807) is 19.2 Å². The Morgan fingerprint density at radius 1 is 0.926 bits per heavy atom. The van der Waals surface area contributed by atoms with Crippen LogP contribution < -0.4 is 14.8 Å². The number of carbonyl (C=O) groups is 1. The third-order valence-corrected chi connectivity index (χ3v) is 4.11. The molecule has 6 heteroatoms. The Bertz CT molecular complexity index is 926. The van der Waals surface area contributed by atoms with Gasteiger partial charge in [0.1, 0.15) is 11.5 Å². The molecule has 4 nitrogen and oxygen atoms in total. The van der Waals surface area contributed by atoms with Crippen LogP contribution in [0.4, 0.5) is 8.78 Å². The van der Waals surface area contributed by atoms with Crippen LogP contribution in [0.2, 0.25) is 0 Å². The largest absolute Gasteiger partial charge is 0.497 e. The minimum atomic E-state index is -2.86. The van der Waals surface area contributed by atoms with E-state index in [4.69, 9.17) is 4.74 Å². The average Bonchev–Trinajstić information content (AvgIpc) is 2.67. The molecule has 0 atom stereocenters. The SMILES string of the molecule is COc1ccc2cc(CNC(=O)Cc3ccc(OC(F)F)cc3)ccc2c1. The molecule has 0 bridgehead atoms. The van der Waals surface area contributed by atoms with Gasteiger partial charge in [0.05, 0.1) is 13.5 Å². The lowest BCUT2D eigenvalue weighted by atomic mass is 10.1. The number of rotatable bonds is 7. The van der Waals surface area contributed by atoms with Crippen molar-refractivity contribution >= 4 is 16.7 Å². The van der Waals surface area contributed by atoms with Crippen molar-refractivity contribution in [1.82, 2.24) is 5.32 Å². The fourth-order valence-electron chi connectivity index (χ4n) is 2.75. The predicted octanol–water partition coefficient (Wildman–Crippen LogP) is 4.31. The summed E-state index contributed by atoms with van der Waals surface area (Å²) < 4.78 is 33.8. The highest BCUT2D eigenvalue weighted by atomic mass is 19.3. The summed E-state index contributed by atoms with van der Waals surface area (Å²) in [5.41, 5.74) is 1.71. The van der Waals surface area contributed by atoms with Crippen LogP contribution in [0.3, 0.4) is 0 Å². The maximum Gasteiger partial charge on any atom is 0.387 e. The maximum atomic E-state index is 12.1. The van der Waals surface area contributed by atoms with E-state index in [9.17, 15) is 13.6 Å². The van der Waals surface area contributed by atoms with E-state index in [0.29, 0.717) is 6.54 Å². The highest BCUT2D eigenvalue weighted by molar-refractivity contribution is 5.84. The number of nitrogens with one attached hydrogen (secondary N) is 1. The van der Waals surface area contributed by atoms with Crippen molar-refractivity contribution < 1.29 is 23.0 Å². The first-order valence-electron chi connectivity index (χ1n) is 8.40. The lowest BCUT2D eigenvalue weighted by molar-refractivity contribution is -0.120. The molecule has 3 aromatic carbocycles. The van der Waals surface area contributed by atoms with Gasteiger partial charge in [0.2, 0.25) is 5.91 Å². The first-order chi connectivity index (χ1) is 13.0. The Hall–Kier alpha value is -3.15. The quantitative estimate of drug-likeness (QED) is 0.673. The lowest BCUT2D eigenvalue weighted by Gasteiger charge is -2.08. The molecule has 0 heterocycles.